The topological polar surface area (TPSA) is 70.7 Å². The fraction of sp³-hybridized carbons (Fsp3) is 0.250. The molecule has 1 aliphatic carbocycles. The van der Waals surface area contributed by atoms with E-state index in [-0.39, 0.29) is 17.8 Å². The lowest BCUT2D eigenvalue weighted by molar-refractivity contribution is 0.101. The molecule has 0 atom stereocenters. The van der Waals surface area contributed by atoms with E-state index in [4.69, 9.17) is 0 Å². The highest BCUT2D eigenvalue weighted by atomic mass is 19.2. The Bertz CT molecular complexity index is 700. The van der Waals surface area contributed by atoms with Crippen molar-refractivity contribution in [1.29, 1.82) is 0 Å². The largest absolute Gasteiger partial charge is 0.314 e. The number of aromatic nitrogens is 3. The molecular weight excluding hydrogens is 292 g/mol. The second-order valence-corrected chi connectivity index (χ2v) is 4.62. The number of nitrogens with zero attached hydrogens (tertiary/aromatic N) is 2. The lowest BCUT2D eigenvalue weighted by Crippen LogP contribution is -2.17. The smallest absolute Gasteiger partial charge is 0.295 e. The molecule has 0 aliphatic heterocycles. The van der Waals surface area contributed by atoms with E-state index in [9.17, 15) is 22.4 Å². The van der Waals surface area contributed by atoms with Gasteiger partial charge < -0.3 is 5.32 Å². The Hall–Kier alpha value is -2.45. The van der Waals surface area contributed by atoms with Gasteiger partial charge >= 0.3 is 0 Å². The van der Waals surface area contributed by atoms with Gasteiger partial charge in [0.25, 0.3) is 5.91 Å². The summed E-state index contributed by atoms with van der Waals surface area (Å²) in [6.45, 7) is 0. The normalized spacial score (nSPS) is 14.3. The van der Waals surface area contributed by atoms with Crippen LogP contribution in [0.3, 0.4) is 0 Å². The highest BCUT2D eigenvalue weighted by Crippen LogP contribution is 2.37. The van der Waals surface area contributed by atoms with E-state index in [0.717, 1.165) is 12.8 Å². The summed E-state index contributed by atoms with van der Waals surface area (Å²) in [7, 11) is 0. The number of H-pyrrole nitrogens is 1. The van der Waals surface area contributed by atoms with Crippen molar-refractivity contribution >= 4 is 11.6 Å². The van der Waals surface area contributed by atoms with Crippen LogP contribution in [0.5, 0.6) is 0 Å². The fourth-order valence-electron chi connectivity index (χ4n) is 1.77. The number of benzene rings is 1. The van der Waals surface area contributed by atoms with Crippen LogP contribution in [0.1, 0.15) is 35.2 Å². The highest BCUT2D eigenvalue weighted by molar-refractivity contribution is 6.01. The molecule has 1 saturated carbocycles. The monoisotopic (exact) mass is 300 g/mol. The first-order valence-corrected chi connectivity index (χ1v) is 6.04. The Kier molecular flexibility index (Phi) is 3.11. The molecule has 5 nitrogen and oxygen atoms in total. The molecule has 1 heterocycles. The molecule has 21 heavy (non-hydrogen) atoms. The van der Waals surface area contributed by atoms with Gasteiger partial charge in [-0.2, -0.15) is 0 Å². The SMILES string of the molecule is O=C(Nc1c(F)c(F)cc(F)c1F)c1n[nH]c(C2CC2)n1. The molecule has 0 spiro atoms. The molecule has 110 valence electrons. The predicted molar refractivity (Wildman–Crippen MR) is 62.6 cm³/mol. The van der Waals surface area contributed by atoms with E-state index in [1.807, 2.05) is 0 Å². The van der Waals surface area contributed by atoms with Crippen molar-refractivity contribution in [2.75, 3.05) is 5.32 Å². The first-order chi connectivity index (χ1) is 9.97. The van der Waals surface area contributed by atoms with Crippen molar-refractivity contribution in [3.05, 3.63) is 41.0 Å². The van der Waals surface area contributed by atoms with Crippen LogP contribution in [0, 0.1) is 23.3 Å². The number of hydrogen-bond donors (Lipinski definition) is 2. The van der Waals surface area contributed by atoms with Crippen molar-refractivity contribution in [3.63, 3.8) is 0 Å². The van der Waals surface area contributed by atoms with Crippen LogP contribution < -0.4 is 5.32 Å². The first kappa shape index (κ1) is 13.5. The van der Waals surface area contributed by atoms with E-state index >= 15 is 0 Å². The van der Waals surface area contributed by atoms with Crippen molar-refractivity contribution < 1.29 is 22.4 Å². The zero-order chi connectivity index (χ0) is 15.1. The second-order valence-electron chi connectivity index (χ2n) is 4.62. The molecular formula is C12H8F4N4O. The van der Waals surface area contributed by atoms with Crippen LogP contribution in [0.25, 0.3) is 0 Å². The Morgan fingerprint density at radius 1 is 1.19 bits per heavy atom. The summed E-state index contributed by atoms with van der Waals surface area (Å²) in [5, 5.41) is 7.86. The van der Waals surface area contributed by atoms with Gasteiger partial charge in [-0.05, 0) is 12.8 Å². The number of carbonyl (C=O) groups is 1. The van der Waals surface area contributed by atoms with E-state index < -0.39 is 34.9 Å². The Morgan fingerprint density at radius 2 is 1.81 bits per heavy atom. The molecule has 1 amide bonds. The zero-order valence-electron chi connectivity index (χ0n) is 10.4. The van der Waals surface area contributed by atoms with Crippen LogP contribution in [0.2, 0.25) is 0 Å². The number of aromatic amines is 1. The molecule has 0 radical (unpaired) electrons. The number of halogens is 4. The average Bonchev–Trinajstić information content (AvgIpc) is 3.18. The van der Waals surface area contributed by atoms with Crippen LogP contribution in [0.15, 0.2) is 6.07 Å². The third-order valence-corrected chi connectivity index (χ3v) is 3.02. The molecule has 0 saturated heterocycles. The molecule has 1 aromatic heterocycles. The highest BCUT2D eigenvalue weighted by Gasteiger charge is 2.29. The van der Waals surface area contributed by atoms with Crippen molar-refractivity contribution in [2.45, 2.75) is 18.8 Å². The molecule has 3 rings (SSSR count). The van der Waals surface area contributed by atoms with Crippen LogP contribution >= 0.6 is 0 Å². The average molecular weight is 300 g/mol. The molecule has 2 N–H and O–H groups in total. The summed E-state index contributed by atoms with van der Waals surface area (Å²) in [5.74, 6) is -7.36. The predicted octanol–water partition coefficient (Wildman–Crippen LogP) is 2.49. The third-order valence-electron chi connectivity index (χ3n) is 3.02. The molecule has 0 bridgehead atoms. The van der Waals surface area contributed by atoms with Crippen LogP contribution in [-0.2, 0) is 0 Å². The van der Waals surface area contributed by atoms with Crippen molar-refractivity contribution in [1.82, 2.24) is 15.2 Å². The number of amides is 1. The molecule has 2 aromatic rings. The van der Waals surface area contributed by atoms with Gasteiger partial charge in [0.05, 0.1) is 0 Å². The molecule has 1 aliphatic rings. The van der Waals surface area contributed by atoms with Gasteiger partial charge in [0, 0.05) is 12.0 Å². The Morgan fingerprint density at radius 3 is 2.38 bits per heavy atom. The van der Waals surface area contributed by atoms with Gasteiger partial charge in [0.15, 0.2) is 23.3 Å². The standard InChI is InChI=1S/C12H8F4N4O/c13-5-3-6(14)8(16)9(7(5)15)17-12(21)11-18-10(19-20-11)4-1-2-4/h3-4H,1-2H2,(H,17,21)(H,18,19,20). The van der Waals surface area contributed by atoms with Crippen LogP contribution in [0.4, 0.5) is 23.2 Å². The number of nitrogens with one attached hydrogen (secondary N) is 2. The molecule has 1 aromatic carbocycles. The molecule has 0 unspecified atom stereocenters. The van der Waals surface area contributed by atoms with Crippen molar-refractivity contribution in [3.8, 4) is 0 Å². The maximum absolute atomic E-state index is 13.4. The second kappa shape index (κ2) is 4.83. The van der Waals surface area contributed by atoms with E-state index in [1.54, 1.807) is 5.32 Å². The summed E-state index contributed by atoms with van der Waals surface area (Å²) in [4.78, 5) is 15.6. The van der Waals surface area contributed by atoms with E-state index in [0.29, 0.717) is 5.82 Å². The maximum atomic E-state index is 13.4. The minimum atomic E-state index is -1.69. The van der Waals surface area contributed by atoms with Crippen molar-refractivity contribution in [2.24, 2.45) is 0 Å². The lowest BCUT2D eigenvalue weighted by Gasteiger charge is -2.07. The van der Waals surface area contributed by atoms with Gasteiger partial charge in [-0.1, -0.05) is 0 Å². The molecule has 1 fully saturated rings. The lowest BCUT2D eigenvalue weighted by atomic mass is 10.2. The van der Waals surface area contributed by atoms with Crippen LogP contribution in [-0.4, -0.2) is 21.1 Å². The molecule has 9 heteroatoms. The third kappa shape index (κ3) is 2.46. The fourth-order valence-corrected chi connectivity index (χ4v) is 1.77. The van der Waals surface area contributed by atoms with Gasteiger partial charge in [-0.25, -0.2) is 22.5 Å². The van der Waals surface area contributed by atoms with Gasteiger partial charge in [0.1, 0.15) is 11.5 Å². The maximum Gasteiger partial charge on any atom is 0.295 e. The quantitative estimate of drug-likeness (QED) is 0.676. The van der Waals surface area contributed by atoms with E-state index in [1.165, 1.54) is 0 Å². The summed E-state index contributed by atoms with van der Waals surface area (Å²) in [6.07, 6.45) is 1.82. The summed E-state index contributed by atoms with van der Waals surface area (Å²) >= 11 is 0. The number of anilines is 1. The number of rotatable bonds is 3. The summed E-state index contributed by atoms with van der Waals surface area (Å²) in [5.41, 5.74) is -1.21. The summed E-state index contributed by atoms with van der Waals surface area (Å²) < 4.78 is 52.9. The summed E-state index contributed by atoms with van der Waals surface area (Å²) in [6, 6.07) is 0.0539. The first-order valence-electron chi connectivity index (χ1n) is 6.04. The Labute approximate surface area is 115 Å². The number of carbonyl (C=O) groups excluding carboxylic acids is 1. The zero-order valence-corrected chi connectivity index (χ0v) is 10.4. The van der Waals surface area contributed by atoms with Gasteiger partial charge in [-0.15, -0.1) is 5.10 Å². The van der Waals surface area contributed by atoms with E-state index in [2.05, 4.69) is 15.2 Å². The van der Waals surface area contributed by atoms with Gasteiger partial charge in [-0.3, -0.25) is 9.89 Å². The number of hydrogen-bond acceptors (Lipinski definition) is 3. The minimum absolute atomic E-state index is 0.0539. The Balaban J connectivity index is 1.87. The van der Waals surface area contributed by atoms with Gasteiger partial charge in [0.2, 0.25) is 5.82 Å². The minimum Gasteiger partial charge on any atom is -0.314 e.